The Bertz CT molecular complexity index is 380. The Morgan fingerprint density at radius 1 is 0.739 bits per heavy atom. The van der Waals surface area contributed by atoms with Crippen LogP contribution in [-0.4, -0.2) is 110 Å². The fourth-order valence-electron chi connectivity index (χ4n) is 2.80. The van der Waals surface area contributed by atoms with Gasteiger partial charge in [0.25, 0.3) is 0 Å². The van der Waals surface area contributed by atoms with Crippen LogP contribution in [-0.2, 0) is 14.2 Å². The highest BCUT2D eigenvalue weighted by atomic mass is 16.7. The predicted molar refractivity (Wildman–Crippen MR) is 72.1 cm³/mol. The molecule has 2 aliphatic heterocycles. The second-order valence-electron chi connectivity index (χ2n) is 5.84. The van der Waals surface area contributed by atoms with Gasteiger partial charge in [-0.3, -0.25) is 0 Å². The van der Waals surface area contributed by atoms with Crippen LogP contribution in [0.1, 0.15) is 6.92 Å². The van der Waals surface area contributed by atoms with Gasteiger partial charge >= 0.3 is 0 Å². The summed E-state index contributed by atoms with van der Waals surface area (Å²) in [5.74, 6) is 0. The summed E-state index contributed by atoms with van der Waals surface area (Å²) in [6.45, 7) is 0.432. The lowest BCUT2D eigenvalue weighted by Crippen LogP contribution is -2.63. The molecule has 2 rings (SSSR count). The Kier molecular flexibility index (Phi) is 6.30. The molecule has 0 amide bonds. The number of hydrogen-bond acceptors (Lipinski definition) is 10. The highest BCUT2D eigenvalue weighted by Crippen LogP contribution is 2.28. The minimum absolute atomic E-state index is 0.491. The third-order valence-electron chi connectivity index (χ3n) is 4.24. The molecular formula is C13H24O10. The lowest BCUT2D eigenvalue weighted by molar-refractivity contribution is -0.340. The molecule has 0 spiro atoms. The van der Waals surface area contributed by atoms with E-state index in [1.807, 2.05) is 0 Å². The number of aliphatic hydroxyl groups excluding tert-OH is 7. The van der Waals surface area contributed by atoms with Gasteiger partial charge in [0.05, 0.1) is 19.3 Å². The first-order valence-corrected chi connectivity index (χ1v) is 7.40. The Hall–Kier alpha value is -0.400. The van der Waals surface area contributed by atoms with Crippen molar-refractivity contribution in [2.75, 3.05) is 13.2 Å². The van der Waals surface area contributed by atoms with E-state index in [9.17, 15) is 25.5 Å². The van der Waals surface area contributed by atoms with Crippen molar-refractivity contribution in [2.24, 2.45) is 0 Å². The van der Waals surface area contributed by atoms with Crippen LogP contribution in [0, 0.1) is 0 Å². The number of ether oxygens (including phenoxy) is 3. The van der Waals surface area contributed by atoms with Gasteiger partial charge in [-0.1, -0.05) is 0 Å². The SMILES string of the molecule is C[C@@H]1O[C@H](CO)[C@@H](O)[C@H](O)[C@H]1OC1O[C@H](CO)[C@@H](O)[C@H](O)[C@H]1O. The molecule has 136 valence electrons. The van der Waals surface area contributed by atoms with E-state index in [0.717, 1.165) is 0 Å². The van der Waals surface area contributed by atoms with Crippen LogP contribution in [0.5, 0.6) is 0 Å². The largest absolute Gasteiger partial charge is 0.394 e. The Balaban J connectivity index is 2.08. The molecule has 1 unspecified atom stereocenters. The summed E-state index contributed by atoms with van der Waals surface area (Å²) in [4.78, 5) is 0. The van der Waals surface area contributed by atoms with E-state index in [-0.39, 0.29) is 0 Å². The van der Waals surface area contributed by atoms with Crippen molar-refractivity contribution in [3.8, 4) is 0 Å². The van der Waals surface area contributed by atoms with Gasteiger partial charge in [0.15, 0.2) is 6.29 Å². The van der Waals surface area contributed by atoms with Gasteiger partial charge < -0.3 is 50.0 Å². The zero-order valence-corrected chi connectivity index (χ0v) is 12.5. The lowest BCUT2D eigenvalue weighted by atomic mass is 9.95. The zero-order valence-electron chi connectivity index (χ0n) is 12.5. The number of aliphatic hydroxyl groups is 7. The smallest absolute Gasteiger partial charge is 0.187 e. The van der Waals surface area contributed by atoms with Crippen molar-refractivity contribution in [1.82, 2.24) is 0 Å². The standard InChI is InChI=1S/C13H24O10/c1-4-12(10(19)8(17)5(2-14)21-4)23-13-11(20)9(18)7(16)6(3-15)22-13/h4-20H,2-3H2,1H3/t4-,5+,6+,7+,8+,9-,10-,11+,12-,13?/m0/s1. The fraction of sp³-hybridized carbons (Fsp3) is 1.00. The Labute approximate surface area is 132 Å². The average Bonchev–Trinajstić information content (AvgIpc) is 2.54. The normalized spacial score (nSPS) is 51.7. The molecule has 0 aromatic heterocycles. The van der Waals surface area contributed by atoms with Crippen molar-refractivity contribution in [3.05, 3.63) is 0 Å². The average molecular weight is 340 g/mol. The summed E-state index contributed by atoms with van der Waals surface area (Å²) in [7, 11) is 0. The maximum Gasteiger partial charge on any atom is 0.187 e. The van der Waals surface area contributed by atoms with Gasteiger partial charge in [-0.15, -0.1) is 0 Å². The van der Waals surface area contributed by atoms with Crippen molar-refractivity contribution in [1.29, 1.82) is 0 Å². The summed E-state index contributed by atoms with van der Waals surface area (Å²) < 4.78 is 15.9. The van der Waals surface area contributed by atoms with Crippen LogP contribution in [0.4, 0.5) is 0 Å². The molecule has 23 heavy (non-hydrogen) atoms. The molecule has 2 aliphatic rings. The van der Waals surface area contributed by atoms with Crippen LogP contribution >= 0.6 is 0 Å². The molecule has 7 N–H and O–H groups in total. The quantitative estimate of drug-likeness (QED) is 0.265. The summed E-state index contributed by atoms with van der Waals surface area (Å²) in [5, 5.41) is 67.5. The third kappa shape index (κ3) is 3.66. The van der Waals surface area contributed by atoms with E-state index in [1.54, 1.807) is 0 Å². The Morgan fingerprint density at radius 3 is 1.83 bits per heavy atom. The molecule has 0 aromatic carbocycles. The van der Waals surface area contributed by atoms with Crippen LogP contribution in [0.2, 0.25) is 0 Å². The van der Waals surface area contributed by atoms with Gasteiger partial charge in [0, 0.05) is 0 Å². The van der Waals surface area contributed by atoms with Crippen LogP contribution in [0.25, 0.3) is 0 Å². The molecule has 0 bridgehead atoms. The molecule has 10 heteroatoms. The number of rotatable bonds is 4. The third-order valence-corrected chi connectivity index (χ3v) is 4.24. The summed E-state index contributed by atoms with van der Waals surface area (Å²) in [6, 6.07) is 0. The van der Waals surface area contributed by atoms with Gasteiger partial charge in [0.1, 0.15) is 48.8 Å². The molecule has 2 fully saturated rings. The van der Waals surface area contributed by atoms with Gasteiger partial charge in [-0.2, -0.15) is 0 Å². The van der Waals surface area contributed by atoms with Crippen molar-refractivity contribution >= 4 is 0 Å². The molecular weight excluding hydrogens is 316 g/mol. The second kappa shape index (κ2) is 7.66. The minimum atomic E-state index is -1.63. The van der Waals surface area contributed by atoms with Gasteiger partial charge in [0.2, 0.25) is 0 Å². The summed E-state index contributed by atoms with van der Waals surface area (Å²) in [5.41, 5.74) is 0. The van der Waals surface area contributed by atoms with E-state index >= 15 is 0 Å². The van der Waals surface area contributed by atoms with Crippen molar-refractivity contribution in [2.45, 2.75) is 68.1 Å². The summed E-state index contributed by atoms with van der Waals surface area (Å²) >= 11 is 0. The van der Waals surface area contributed by atoms with E-state index < -0.39 is 74.4 Å². The highest BCUT2D eigenvalue weighted by Gasteiger charge is 2.49. The molecule has 0 aliphatic carbocycles. The van der Waals surface area contributed by atoms with E-state index in [0.29, 0.717) is 0 Å². The van der Waals surface area contributed by atoms with Crippen LogP contribution in [0.15, 0.2) is 0 Å². The van der Waals surface area contributed by atoms with E-state index in [4.69, 9.17) is 24.4 Å². The predicted octanol–water partition coefficient (Wildman–Crippen LogP) is -4.33. The fourth-order valence-corrected chi connectivity index (χ4v) is 2.80. The molecule has 0 saturated carbocycles. The summed E-state index contributed by atoms with van der Waals surface area (Å²) in [6.07, 6.45) is -13.0. The first-order chi connectivity index (χ1) is 10.8. The van der Waals surface area contributed by atoms with E-state index in [1.165, 1.54) is 6.92 Å². The van der Waals surface area contributed by atoms with Gasteiger partial charge in [-0.25, -0.2) is 0 Å². The van der Waals surface area contributed by atoms with Crippen molar-refractivity contribution in [3.63, 3.8) is 0 Å². The second-order valence-corrected chi connectivity index (χ2v) is 5.84. The lowest BCUT2D eigenvalue weighted by Gasteiger charge is -2.45. The first-order valence-electron chi connectivity index (χ1n) is 7.40. The first kappa shape index (κ1) is 18.9. The Morgan fingerprint density at radius 2 is 1.26 bits per heavy atom. The molecule has 0 aromatic rings. The monoisotopic (exact) mass is 340 g/mol. The van der Waals surface area contributed by atoms with Crippen LogP contribution < -0.4 is 0 Å². The van der Waals surface area contributed by atoms with E-state index in [2.05, 4.69) is 0 Å². The minimum Gasteiger partial charge on any atom is -0.394 e. The van der Waals surface area contributed by atoms with Gasteiger partial charge in [-0.05, 0) is 6.92 Å². The number of hydrogen-bond donors (Lipinski definition) is 7. The zero-order chi connectivity index (χ0) is 17.3. The molecule has 0 radical (unpaired) electrons. The maximum absolute atomic E-state index is 10.1. The maximum atomic E-state index is 10.1. The highest BCUT2D eigenvalue weighted by molar-refractivity contribution is 4.94. The van der Waals surface area contributed by atoms with Crippen molar-refractivity contribution < 1.29 is 50.0 Å². The molecule has 10 nitrogen and oxygen atoms in total. The topological polar surface area (TPSA) is 169 Å². The molecule has 2 heterocycles. The molecule has 2 saturated heterocycles. The van der Waals surface area contributed by atoms with Crippen LogP contribution in [0.3, 0.4) is 0 Å². The molecule has 10 atom stereocenters.